The van der Waals surface area contributed by atoms with Crippen LogP contribution in [0.3, 0.4) is 0 Å². The number of hydrogen-bond donors (Lipinski definition) is 1. The molecule has 2 atom stereocenters. The number of rotatable bonds is 6. The minimum atomic E-state index is -3.27. The monoisotopic (exact) mass is 508 g/mol. The van der Waals surface area contributed by atoms with Gasteiger partial charge in [0.1, 0.15) is 5.69 Å². The number of benzene rings is 1. The topological polar surface area (TPSA) is 66.3 Å². The molecule has 1 aromatic carbocycles. The normalized spacial score (nSPS) is 21.7. The van der Waals surface area contributed by atoms with E-state index in [0.29, 0.717) is 25.3 Å². The van der Waals surface area contributed by atoms with Crippen LogP contribution in [0.5, 0.6) is 0 Å². The summed E-state index contributed by atoms with van der Waals surface area (Å²) < 4.78 is 32.6. The molecule has 1 saturated heterocycles. The maximum Gasteiger partial charge on any atom is 0.314 e. The van der Waals surface area contributed by atoms with Crippen molar-refractivity contribution in [1.82, 2.24) is 25.0 Å². The highest BCUT2D eigenvalue weighted by atomic mass is 19.3. The molecule has 1 fully saturated rings. The van der Waals surface area contributed by atoms with Gasteiger partial charge in [0, 0.05) is 60.7 Å². The molecule has 1 N–H and O–H groups in total. The second-order valence-corrected chi connectivity index (χ2v) is 11.0. The summed E-state index contributed by atoms with van der Waals surface area (Å²) in [6.07, 6.45) is 5.34. The zero-order valence-corrected chi connectivity index (χ0v) is 21.8. The number of piperazine rings is 1. The molecule has 2 aliphatic rings. The number of aryl methyl sites for hydroxylation is 1. The number of nitrogens with zero attached hydrogens (tertiary/aromatic N) is 5. The number of aromatic nitrogens is 3. The van der Waals surface area contributed by atoms with E-state index >= 15 is 8.78 Å². The number of carbonyl (C=O) groups excluding carboxylic acids is 1. The quantitative estimate of drug-likeness (QED) is 0.550. The highest BCUT2D eigenvalue weighted by Crippen LogP contribution is 2.43. The van der Waals surface area contributed by atoms with Gasteiger partial charge in [0.05, 0.1) is 25.0 Å². The number of nitrogens with one attached hydrogen (secondary N) is 1. The Balaban J connectivity index is 1.40. The van der Waals surface area contributed by atoms with E-state index in [0.717, 1.165) is 17.7 Å². The largest absolute Gasteiger partial charge is 0.314 e. The van der Waals surface area contributed by atoms with Gasteiger partial charge >= 0.3 is 5.92 Å². The van der Waals surface area contributed by atoms with Gasteiger partial charge in [-0.2, -0.15) is 13.9 Å². The van der Waals surface area contributed by atoms with Crippen LogP contribution in [0.25, 0.3) is 0 Å². The van der Waals surface area contributed by atoms with Crippen LogP contribution in [0.4, 0.5) is 14.5 Å². The van der Waals surface area contributed by atoms with Crippen LogP contribution in [0.2, 0.25) is 0 Å². The minimum absolute atomic E-state index is 0.0879. The van der Waals surface area contributed by atoms with Crippen LogP contribution >= 0.6 is 0 Å². The number of fused-ring (bicyclic) bond motifs is 1. The minimum Gasteiger partial charge on any atom is -0.311 e. The van der Waals surface area contributed by atoms with Crippen LogP contribution in [0.15, 0.2) is 55.0 Å². The predicted molar refractivity (Wildman–Crippen MR) is 139 cm³/mol. The van der Waals surface area contributed by atoms with Crippen molar-refractivity contribution < 1.29 is 13.6 Å². The maximum atomic E-state index is 15.4. The molecule has 37 heavy (non-hydrogen) atoms. The molecule has 2 aromatic heterocycles. The summed E-state index contributed by atoms with van der Waals surface area (Å²) in [5.41, 5.74) is 1.57. The summed E-state index contributed by atoms with van der Waals surface area (Å²) in [6, 6.07) is 9.41. The van der Waals surface area contributed by atoms with Gasteiger partial charge in [-0.3, -0.25) is 19.4 Å². The molecule has 1 amide bonds. The van der Waals surface area contributed by atoms with Gasteiger partial charge in [-0.05, 0) is 25.5 Å². The van der Waals surface area contributed by atoms with E-state index in [2.05, 4.69) is 27.2 Å². The Morgan fingerprint density at radius 3 is 2.68 bits per heavy atom. The van der Waals surface area contributed by atoms with Crippen LogP contribution in [0, 0.1) is 6.92 Å². The molecule has 4 heterocycles. The first kappa shape index (κ1) is 25.5. The van der Waals surface area contributed by atoms with Crippen LogP contribution in [0.1, 0.15) is 43.2 Å². The molecular weight excluding hydrogens is 474 g/mol. The number of hydrogen-bond acceptors (Lipinski definition) is 5. The van der Waals surface area contributed by atoms with E-state index in [1.165, 1.54) is 24.4 Å². The molecule has 7 nitrogen and oxygen atoms in total. The summed E-state index contributed by atoms with van der Waals surface area (Å²) in [5, 5.41) is 7.92. The van der Waals surface area contributed by atoms with E-state index in [-0.39, 0.29) is 41.2 Å². The van der Waals surface area contributed by atoms with Gasteiger partial charge in [0.15, 0.2) is 0 Å². The Hall–Kier alpha value is -3.17. The second kappa shape index (κ2) is 9.61. The average Bonchev–Trinajstić information content (AvgIpc) is 3.40. The van der Waals surface area contributed by atoms with E-state index in [4.69, 9.17) is 0 Å². The Bertz CT molecular complexity index is 1270. The highest BCUT2D eigenvalue weighted by molar-refractivity contribution is 5.97. The Labute approximate surface area is 216 Å². The Morgan fingerprint density at radius 1 is 1.22 bits per heavy atom. The summed E-state index contributed by atoms with van der Waals surface area (Å²) >= 11 is 0. The molecule has 2 aliphatic heterocycles. The fourth-order valence-corrected chi connectivity index (χ4v) is 5.39. The molecule has 0 bridgehead atoms. The first-order chi connectivity index (χ1) is 17.5. The van der Waals surface area contributed by atoms with Gasteiger partial charge in [0.25, 0.3) is 0 Å². The lowest BCUT2D eigenvalue weighted by Crippen LogP contribution is -2.59. The molecule has 5 rings (SSSR count). The van der Waals surface area contributed by atoms with Gasteiger partial charge in [-0.1, -0.05) is 44.2 Å². The molecule has 9 heteroatoms. The van der Waals surface area contributed by atoms with Gasteiger partial charge < -0.3 is 10.2 Å². The number of amides is 1. The SMILES string of the molecule is Cc1cnn(C[C@H]2CN[C@H](C)CN2CC(=O)N2CC(C)(C)c3cnc(C(F)(F)c4ccccc4)cc32)c1. The fraction of sp³-hybridized carbons (Fsp3) is 0.464. The third kappa shape index (κ3) is 5.02. The van der Waals surface area contributed by atoms with Crippen molar-refractivity contribution in [3.05, 3.63) is 77.4 Å². The third-order valence-corrected chi connectivity index (χ3v) is 7.44. The Morgan fingerprint density at radius 2 is 1.97 bits per heavy atom. The highest BCUT2D eigenvalue weighted by Gasteiger charge is 2.43. The number of alkyl halides is 2. The molecule has 0 spiro atoms. The molecule has 3 aromatic rings. The van der Waals surface area contributed by atoms with Crippen LogP contribution in [-0.2, 0) is 22.7 Å². The molecule has 0 aliphatic carbocycles. The Kier molecular flexibility index (Phi) is 6.62. The van der Waals surface area contributed by atoms with Crippen molar-refractivity contribution in [2.24, 2.45) is 0 Å². The van der Waals surface area contributed by atoms with Crippen molar-refractivity contribution in [2.75, 3.05) is 31.1 Å². The first-order valence-electron chi connectivity index (χ1n) is 12.8. The van der Waals surface area contributed by atoms with Crippen molar-refractivity contribution in [1.29, 1.82) is 0 Å². The predicted octanol–water partition coefficient (Wildman–Crippen LogP) is 3.71. The van der Waals surface area contributed by atoms with Gasteiger partial charge in [0.2, 0.25) is 5.91 Å². The summed E-state index contributed by atoms with van der Waals surface area (Å²) in [4.78, 5) is 21.8. The number of anilines is 1. The van der Waals surface area contributed by atoms with Crippen LogP contribution in [-0.4, -0.2) is 63.8 Å². The number of carbonyl (C=O) groups is 1. The van der Waals surface area contributed by atoms with Gasteiger partial charge in [-0.15, -0.1) is 0 Å². The molecule has 196 valence electrons. The fourth-order valence-electron chi connectivity index (χ4n) is 5.39. The number of pyridine rings is 1. The standard InChI is InChI=1S/C28H34F2N6O/c1-19-11-33-35(14-19)16-22-12-31-20(2)15-34(22)17-26(37)36-18-27(3,4)23-13-32-25(10-24(23)36)28(29,30)21-8-6-5-7-9-21/h5-11,13-14,20,22,31H,12,15-18H2,1-4H3/t20-,22-/m1/s1. The molecule has 0 radical (unpaired) electrons. The van der Waals surface area contributed by atoms with Crippen LogP contribution < -0.4 is 10.2 Å². The second-order valence-electron chi connectivity index (χ2n) is 11.0. The smallest absolute Gasteiger partial charge is 0.311 e. The lowest BCUT2D eigenvalue weighted by molar-refractivity contribution is -0.120. The van der Waals surface area contributed by atoms with E-state index in [1.807, 2.05) is 37.8 Å². The molecule has 0 unspecified atom stereocenters. The van der Waals surface area contributed by atoms with E-state index in [1.54, 1.807) is 23.1 Å². The average molecular weight is 509 g/mol. The molecule has 0 saturated carbocycles. The number of halogens is 2. The third-order valence-electron chi connectivity index (χ3n) is 7.44. The van der Waals surface area contributed by atoms with E-state index in [9.17, 15) is 4.79 Å². The zero-order chi connectivity index (χ0) is 26.4. The summed E-state index contributed by atoms with van der Waals surface area (Å²) in [5.74, 6) is -3.36. The summed E-state index contributed by atoms with van der Waals surface area (Å²) in [6.45, 7) is 10.9. The lowest BCUT2D eigenvalue weighted by atomic mass is 9.88. The van der Waals surface area contributed by atoms with E-state index < -0.39 is 5.92 Å². The summed E-state index contributed by atoms with van der Waals surface area (Å²) in [7, 11) is 0. The van der Waals surface area contributed by atoms with Crippen molar-refractivity contribution >= 4 is 11.6 Å². The zero-order valence-electron chi connectivity index (χ0n) is 21.8. The molecular formula is C28H34F2N6O. The maximum absolute atomic E-state index is 15.4. The van der Waals surface area contributed by atoms with Crippen molar-refractivity contribution in [3.63, 3.8) is 0 Å². The first-order valence-corrected chi connectivity index (χ1v) is 12.8. The van der Waals surface area contributed by atoms with Crippen molar-refractivity contribution in [3.8, 4) is 0 Å². The lowest BCUT2D eigenvalue weighted by Gasteiger charge is -2.39. The van der Waals surface area contributed by atoms with Crippen molar-refractivity contribution in [2.45, 2.75) is 57.7 Å². The van der Waals surface area contributed by atoms with Gasteiger partial charge in [-0.25, -0.2) is 0 Å².